The van der Waals surface area contributed by atoms with Crippen molar-refractivity contribution < 1.29 is 13.2 Å². The summed E-state index contributed by atoms with van der Waals surface area (Å²) in [5.74, 6) is 0. The lowest BCUT2D eigenvalue weighted by Gasteiger charge is -2.33. The molecule has 0 aromatic heterocycles. The quantitative estimate of drug-likeness (QED) is 0.794. The molecule has 0 bridgehead atoms. The molecule has 0 atom stereocenters. The fourth-order valence-corrected chi connectivity index (χ4v) is 3.46. The van der Waals surface area contributed by atoms with E-state index in [1.165, 1.54) is 25.7 Å². The van der Waals surface area contributed by atoms with Gasteiger partial charge in [0.2, 0.25) is 0 Å². The first kappa shape index (κ1) is 15.1. The Hall–Kier alpha value is -0.290. The summed E-state index contributed by atoms with van der Waals surface area (Å²) < 4.78 is 36.3. The number of hydrogen-bond donors (Lipinski definition) is 1. The van der Waals surface area contributed by atoms with Gasteiger partial charge < -0.3 is 10.2 Å². The minimum Gasteiger partial charge on any atom is -0.310 e. The highest BCUT2D eigenvalue weighted by atomic mass is 19.4. The van der Waals surface area contributed by atoms with Gasteiger partial charge in [-0.2, -0.15) is 13.2 Å². The Morgan fingerprint density at radius 2 is 1.79 bits per heavy atom. The van der Waals surface area contributed by atoms with E-state index in [9.17, 15) is 13.2 Å². The van der Waals surface area contributed by atoms with Crippen molar-refractivity contribution in [1.82, 2.24) is 10.2 Å². The SMILES string of the molecule is FC(F)(F)CCCCN1CCCNC2(CCCC2)C1. The van der Waals surface area contributed by atoms with Gasteiger partial charge in [-0.25, -0.2) is 0 Å². The zero-order chi connectivity index (χ0) is 13.8. The number of alkyl halides is 3. The summed E-state index contributed by atoms with van der Waals surface area (Å²) in [4.78, 5) is 2.38. The molecule has 1 saturated heterocycles. The van der Waals surface area contributed by atoms with Crippen LogP contribution in [0.15, 0.2) is 0 Å². The van der Waals surface area contributed by atoms with Gasteiger partial charge in [0.25, 0.3) is 0 Å². The summed E-state index contributed by atoms with van der Waals surface area (Å²) in [5, 5.41) is 3.68. The van der Waals surface area contributed by atoms with E-state index in [1.807, 2.05) is 0 Å². The summed E-state index contributed by atoms with van der Waals surface area (Å²) in [6.45, 7) is 3.93. The third kappa shape index (κ3) is 4.95. The van der Waals surface area contributed by atoms with Crippen LogP contribution in [0.2, 0.25) is 0 Å². The molecule has 1 aliphatic carbocycles. The molecule has 0 aromatic carbocycles. The minimum atomic E-state index is -3.99. The first-order valence-electron chi connectivity index (χ1n) is 7.53. The lowest BCUT2D eigenvalue weighted by molar-refractivity contribution is -0.135. The molecule has 112 valence electrons. The van der Waals surface area contributed by atoms with Gasteiger partial charge in [0.05, 0.1) is 0 Å². The highest BCUT2D eigenvalue weighted by molar-refractivity contribution is 4.96. The van der Waals surface area contributed by atoms with Crippen LogP contribution in [0.3, 0.4) is 0 Å². The lowest BCUT2D eigenvalue weighted by Crippen LogP contribution is -2.49. The Kier molecular flexibility index (Phi) is 5.12. The summed E-state index contributed by atoms with van der Waals surface area (Å²) in [5.41, 5.74) is 0.264. The zero-order valence-corrected chi connectivity index (χ0v) is 11.6. The van der Waals surface area contributed by atoms with Crippen LogP contribution in [0, 0.1) is 0 Å². The van der Waals surface area contributed by atoms with Crippen LogP contribution in [-0.2, 0) is 0 Å². The molecule has 2 rings (SSSR count). The molecule has 1 spiro atoms. The average Bonchev–Trinajstić information content (AvgIpc) is 2.66. The molecule has 0 unspecified atom stereocenters. The predicted molar refractivity (Wildman–Crippen MR) is 70.2 cm³/mol. The van der Waals surface area contributed by atoms with Crippen molar-refractivity contribution in [2.75, 3.05) is 26.2 Å². The molecule has 0 aromatic rings. The van der Waals surface area contributed by atoms with Gasteiger partial charge in [0.15, 0.2) is 0 Å². The summed E-state index contributed by atoms with van der Waals surface area (Å²) in [6.07, 6.45) is 2.44. The molecule has 2 fully saturated rings. The van der Waals surface area contributed by atoms with Crippen LogP contribution in [0.5, 0.6) is 0 Å². The van der Waals surface area contributed by atoms with Gasteiger partial charge >= 0.3 is 6.18 Å². The van der Waals surface area contributed by atoms with Gasteiger partial charge in [-0.3, -0.25) is 0 Å². The van der Waals surface area contributed by atoms with E-state index in [1.54, 1.807) is 0 Å². The second kappa shape index (κ2) is 6.44. The smallest absolute Gasteiger partial charge is 0.310 e. The van der Waals surface area contributed by atoms with Crippen molar-refractivity contribution in [3.63, 3.8) is 0 Å². The van der Waals surface area contributed by atoms with Crippen molar-refractivity contribution in [1.29, 1.82) is 0 Å². The average molecular weight is 278 g/mol. The largest absolute Gasteiger partial charge is 0.389 e. The summed E-state index contributed by atoms with van der Waals surface area (Å²) in [7, 11) is 0. The van der Waals surface area contributed by atoms with Gasteiger partial charge in [-0.1, -0.05) is 12.8 Å². The molecule has 1 aliphatic heterocycles. The molecule has 19 heavy (non-hydrogen) atoms. The fourth-order valence-electron chi connectivity index (χ4n) is 3.46. The number of unbranched alkanes of at least 4 members (excludes halogenated alkanes) is 1. The molecule has 0 amide bonds. The lowest BCUT2D eigenvalue weighted by atomic mass is 9.97. The molecule has 1 saturated carbocycles. The molecule has 1 N–H and O–H groups in total. The zero-order valence-electron chi connectivity index (χ0n) is 11.6. The second-order valence-corrected chi connectivity index (χ2v) is 6.12. The van der Waals surface area contributed by atoms with Crippen molar-refractivity contribution in [3.05, 3.63) is 0 Å². The van der Waals surface area contributed by atoms with Crippen LogP contribution in [0.4, 0.5) is 13.2 Å². The maximum atomic E-state index is 12.1. The third-order valence-corrected chi connectivity index (χ3v) is 4.42. The molecule has 5 heteroatoms. The Bertz CT molecular complexity index is 272. The van der Waals surface area contributed by atoms with E-state index in [-0.39, 0.29) is 12.0 Å². The predicted octanol–water partition coefficient (Wildman–Crippen LogP) is 3.33. The minimum absolute atomic E-state index is 0.264. The normalized spacial score (nSPS) is 24.8. The van der Waals surface area contributed by atoms with Crippen molar-refractivity contribution in [2.45, 2.75) is 63.1 Å². The summed E-state index contributed by atoms with van der Waals surface area (Å²) in [6, 6.07) is 0. The van der Waals surface area contributed by atoms with Gasteiger partial charge in [0.1, 0.15) is 0 Å². The van der Waals surface area contributed by atoms with Crippen molar-refractivity contribution in [3.8, 4) is 0 Å². The highest BCUT2D eigenvalue weighted by Crippen LogP contribution is 2.31. The van der Waals surface area contributed by atoms with E-state index in [0.29, 0.717) is 6.42 Å². The Morgan fingerprint density at radius 3 is 2.47 bits per heavy atom. The van der Waals surface area contributed by atoms with Crippen LogP contribution in [-0.4, -0.2) is 42.8 Å². The van der Waals surface area contributed by atoms with Crippen LogP contribution >= 0.6 is 0 Å². The second-order valence-electron chi connectivity index (χ2n) is 6.12. The van der Waals surface area contributed by atoms with Crippen molar-refractivity contribution >= 4 is 0 Å². The van der Waals surface area contributed by atoms with E-state index >= 15 is 0 Å². The molecular weight excluding hydrogens is 253 g/mol. The topological polar surface area (TPSA) is 15.3 Å². The number of hydrogen-bond acceptors (Lipinski definition) is 2. The third-order valence-electron chi connectivity index (χ3n) is 4.42. The number of halogens is 3. The van der Waals surface area contributed by atoms with Gasteiger partial charge in [-0.15, -0.1) is 0 Å². The van der Waals surface area contributed by atoms with Crippen LogP contribution in [0.1, 0.15) is 51.4 Å². The maximum absolute atomic E-state index is 12.1. The number of nitrogens with zero attached hydrogens (tertiary/aromatic N) is 1. The Labute approximate surface area is 113 Å². The standard InChI is InChI=1S/C14H25F3N2/c15-14(16,17)8-3-4-10-19-11-5-9-18-13(12-19)6-1-2-7-13/h18H,1-12H2. The maximum Gasteiger partial charge on any atom is 0.389 e. The molecule has 1 heterocycles. The Balaban J connectivity index is 1.73. The number of nitrogens with one attached hydrogen (secondary N) is 1. The number of rotatable bonds is 4. The van der Waals surface area contributed by atoms with E-state index < -0.39 is 12.6 Å². The molecule has 2 aliphatic rings. The van der Waals surface area contributed by atoms with E-state index in [2.05, 4.69) is 10.2 Å². The first-order chi connectivity index (χ1) is 8.99. The molecule has 2 nitrogen and oxygen atoms in total. The van der Waals surface area contributed by atoms with Crippen LogP contribution in [0.25, 0.3) is 0 Å². The van der Waals surface area contributed by atoms with Gasteiger partial charge in [-0.05, 0) is 51.7 Å². The van der Waals surface area contributed by atoms with Crippen molar-refractivity contribution in [2.24, 2.45) is 0 Å². The molecular formula is C14H25F3N2. The fraction of sp³-hybridized carbons (Fsp3) is 1.00. The molecule has 0 radical (unpaired) electrons. The van der Waals surface area contributed by atoms with E-state index in [4.69, 9.17) is 0 Å². The summed E-state index contributed by atoms with van der Waals surface area (Å²) >= 11 is 0. The van der Waals surface area contributed by atoms with Gasteiger partial charge in [0, 0.05) is 18.5 Å². The van der Waals surface area contributed by atoms with Crippen LogP contribution < -0.4 is 5.32 Å². The van der Waals surface area contributed by atoms with E-state index in [0.717, 1.165) is 32.6 Å². The Morgan fingerprint density at radius 1 is 1.05 bits per heavy atom. The monoisotopic (exact) mass is 278 g/mol. The highest BCUT2D eigenvalue weighted by Gasteiger charge is 2.36. The first-order valence-corrected chi connectivity index (χ1v) is 7.53.